The molecule has 0 saturated heterocycles. The number of thiazole rings is 1. The molecule has 0 saturated carbocycles. The molecule has 3 heterocycles. The average molecular weight is 385 g/mol. The van der Waals surface area contributed by atoms with Gasteiger partial charge in [-0.05, 0) is 27.4 Å². The quantitative estimate of drug-likeness (QED) is 0.751. The first kappa shape index (κ1) is 14.4. The molecule has 0 unspecified atom stereocenters. The second-order valence-corrected chi connectivity index (χ2v) is 7.60. The lowest BCUT2D eigenvalue weighted by Gasteiger charge is -2.14. The highest BCUT2D eigenvalue weighted by atomic mass is 79.9. The Labute approximate surface area is 135 Å². The lowest BCUT2D eigenvalue weighted by Crippen LogP contribution is -2.28. The van der Waals surface area contributed by atoms with Crippen LogP contribution in [-0.4, -0.2) is 32.8 Å². The van der Waals surface area contributed by atoms with E-state index in [1.165, 1.54) is 27.6 Å². The Kier molecular flexibility index (Phi) is 3.87. The van der Waals surface area contributed by atoms with Crippen molar-refractivity contribution in [3.63, 3.8) is 0 Å². The van der Waals surface area contributed by atoms with Gasteiger partial charge in [-0.1, -0.05) is 0 Å². The van der Waals surface area contributed by atoms with Gasteiger partial charge in [0.05, 0.1) is 22.0 Å². The molecule has 0 spiro atoms. The van der Waals surface area contributed by atoms with Gasteiger partial charge in [0.2, 0.25) is 0 Å². The van der Waals surface area contributed by atoms with E-state index >= 15 is 0 Å². The summed E-state index contributed by atoms with van der Waals surface area (Å²) in [5.41, 5.74) is 0.472. The molecule has 6 nitrogen and oxygen atoms in total. The minimum Gasteiger partial charge on any atom is -0.332 e. The number of halogens is 1. The van der Waals surface area contributed by atoms with Crippen LogP contribution in [0.4, 0.5) is 0 Å². The summed E-state index contributed by atoms with van der Waals surface area (Å²) in [4.78, 5) is 36.6. The Bertz CT molecular complexity index is 869. The van der Waals surface area contributed by atoms with Crippen LogP contribution in [-0.2, 0) is 6.54 Å². The molecule has 0 radical (unpaired) electrons. The van der Waals surface area contributed by atoms with Crippen molar-refractivity contribution < 1.29 is 4.79 Å². The van der Waals surface area contributed by atoms with Gasteiger partial charge >= 0.3 is 0 Å². The summed E-state index contributed by atoms with van der Waals surface area (Å²) in [7, 11) is 1.65. The van der Waals surface area contributed by atoms with Crippen molar-refractivity contribution >= 4 is 54.7 Å². The minimum atomic E-state index is -0.209. The van der Waals surface area contributed by atoms with Gasteiger partial charge in [-0.25, -0.2) is 9.97 Å². The number of rotatable bonds is 3. The predicted molar refractivity (Wildman–Crippen MR) is 85.9 cm³/mol. The first-order chi connectivity index (χ1) is 10.0. The van der Waals surface area contributed by atoms with Gasteiger partial charge in [-0.15, -0.1) is 22.7 Å². The average Bonchev–Trinajstić information content (AvgIpc) is 3.06. The van der Waals surface area contributed by atoms with Crippen LogP contribution in [0.25, 0.3) is 10.2 Å². The Morgan fingerprint density at radius 2 is 2.33 bits per heavy atom. The first-order valence-corrected chi connectivity index (χ1v) is 8.36. The van der Waals surface area contributed by atoms with Crippen molar-refractivity contribution in [3.05, 3.63) is 42.6 Å². The maximum atomic E-state index is 12.2. The molecule has 1 N–H and O–H groups in total. The number of fused-ring (bicyclic) bond motifs is 1. The van der Waals surface area contributed by atoms with E-state index in [1.54, 1.807) is 19.3 Å². The molecule has 0 aliphatic carbocycles. The molecule has 0 atom stereocenters. The van der Waals surface area contributed by atoms with Gasteiger partial charge in [0.15, 0.2) is 5.01 Å². The van der Waals surface area contributed by atoms with E-state index in [9.17, 15) is 9.59 Å². The van der Waals surface area contributed by atoms with Crippen molar-refractivity contribution in [2.75, 3.05) is 7.05 Å². The highest BCUT2D eigenvalue weighted by molar-refractivity contribution is 9.11. The second-order valence-electron chi connectivity index (χ2n) is 4.28. The van der Waals surface area contributed by atoms with Crippen molar-refractivity contribution in [2.45, 2.75) is 6.54 Å². The molecule has 3 rings (SSSR count). The van der Waals surface area contributed by atoms with E-state index in [2.05, 4.69) is 30.9 Å². The minimum absolute atomic E-state index is 0.178. The van der Waals surface area contributed by atoms with Crippen LogP contribution in [0.2, 0.25) is 0 Å². The van der Waals surface area contributed by atoms with Crippen molar-refractivity contribution in [2.24, 2.45) is 0 Å². The van der Waals surface area contributed by atoms with E-state index in [0.29, 0.717) is 21.0 Å². The maximum absolute atomic E-state index is 12.2. The Morgan fingerprint density at radius 1 is 1.52 bits per heavy atom. The van der Waals surface area contributed by atoms with E-state index < -0.39 is 0 Å². The van der Waals surface area contributed by atoms with Crippen LogP contribution in [0, 0.1) is 0 Å². The SMILES string of the molecule is CN(Cc1nc2ccsc2c(=O)[nH]1)C(=O)c1ncc(Br)s1. The van der Waals surface area contributed by atoms with Crippen LogP contribution >= 0.6 is 38.6 Å². The van der Waals surface area contributed by atoms with E-state index in [0.717, 1.165) is 3.79 Å². The molecule has 3 aromatic heterocycles. The fraction of sp³-hybridized carbons (Fsp3) is 0.167. The fourth-order valence-electron chi connectivity index (χ4n) is 1.81. The molecule has 108 valence electrons. The number of aromatic nitrogens is 3. The summed E-state index contributed by atoms with van der Waals surface area (Å²) in [6.45, 7) is 0.219. The molecule has 9 heteroatoms. The first-order valence-electron chi connectivity index (χ1n) is 5.88. The monoisotopic (exact) mass is 384 g/mol. The van der Waals surface area contributed by atoms with Crippen molar-refractivity contribution in [1.82, 2.24) is 19.9 Å². The number of hydrogen-bond acceptors (Lipinski definition) is 6. The fourth-order valence-corrected chi connectivity index (χ4v) is 3.74. The van der Waals surface area contributed by atoms with Gasteiger partial charge in [-0.3, -0.25) is 9.59 Å². The zero-order valence-electron chi connectivity index (χ0n) is 10.8. The third-order valence-corrected chi connectivity index (χ3v) is 5.12. The van der Waals surface area contributed by atoms with Crippen LogP contribution in [0.5, 0.6) is 0 Å². The molecule has 0 bridgehead atoms. The lowest BCUT2D eigenvalue weighted by atomic mass is 10.4. The number of carbonyl (C=O) groups excluding carboxylic acids is 1. The molecule has 1 amide bonds. The van der Waals surface area contributed by atoms with Crippen LogP contribution < -0.4 is 5.56 Å². The number of thiophene rings is 1. The lowest BCUT2D eigenvalue weighted by molar-refractivity contribution is 0.0781. The van der Waals surface area contributed by atoms with Gasteiger partial charge < -0.3 is 9.88 Å². The predicted octanol–water partition coefficient (Wildman–Crippen LogP) is 2.48. The van der Waals surface area contributed by atoms with Crippen LogP contribution in [0.15, 0.2) is 26.2 Å². The summed E-state index contributed by atoms with van der Waals surface area (Å²) in [6.07, 6.45) is 1.59. The Hall–Kier alpha value is -1.58. The third-order valence-electron chi connectivity index (χ3n) is 2.76. The van der Waals surface area contributed by atoms with Crippen LogP contribution in [0.3, 0.4) is 0 Å². The van der Waals surface area contributed by atoms with Crippen LogP contribution in [0.1, 0.15) is 15.6 Å². The topological polar surface area (TPSA) is 79.0 Å². The highest BCUT2D eigenvalue weighted by Gasteiger charge is 2.17. The van der Waals surface area contributed by atoms with Gasteiger partial charge in [0.1, 0.15) is 10.5 Å². The molecule has 0 aliphatic rings. The van der Waals surface area contributed by atoms with Crippen molar-refractivity contribution in [1.29, 1.82) is 0 Å². The maximum Gasteiger partial charge on any atom is 0.283 e. The van der Waals surface area contributed by atoms with Gasteiger partial charge in [0.25, 0.3) is 11.5 Å². The summed E-state index contributed by atoms with van der Waals surface area (Å²) in [5, 5.41) is 2.21. The number of carbonyl (C=O) groups is 1. The summed E-state index contributed by atoms with van der Waals surface area (Å²) in [5.74, 6) is 0.246. The molecule has 0 aromatic carbocycles. The molecule has 0 aliphatic heterocycles. The molecular formula is C12H9BrN4O2S2. The van der Waals surface area contributed by atoms with E-state index in [-0.39, 0.29) is 18.0 Å². The number of amides is 1. The summed E-state index contributed by atoms with van der Waals surface area (Å²) < 4.78 is 1.39. The normalized spacial score (nSPS) is 11.0. The Balaban J connectivity index is 1.84. The zero-order valence-corrected chi connectivity index (χ0v) is 14.0. The number of H-pyrrole nitrogens is 1. The van der Waals surface area contributed by atoms with E-state index in [1.807, 2.05) is 5.38 Å². The second kappa shape index (κ2) is 5.66. The van der Waals surface area contributed by atoms with Crippen molar-refractivity contribution in [3.8, 4) is 0 Å². The molecule has 3 aromatic rings. The number of hydrogen-bond donors (Lipinski definition) is 1. The summed E-state index contributed by atoms with van der Waals surface area (Å²) in [6, 6.07) is 1.79. The highest BCUT2D eigenvalue weighted by Crippen LogP contribution is 2.20. The Morgan fingerprint density at radius 3 is 3.05 bits per heavy atom. The smallest absolute Gasteiger partial charge is 0.283 e. The third kappa shape index (κ3) is 2.89. The van der Waals surface area contributed by atoms with Gasteiger partial charge in [-0.2, -0.15) is 0 Å². The summed E-state index contributed by atoms with van der Waals surface area (Å²) >= 11 is 5.89. The number of nitrogens with zero attached hydrogens (tertiary/aromatic N) is 3. The van der Waals surface area contributed by atoms with Gasteiger partial charge in [0, 0.05) is 7.05 Å². The molecule has 0 fully saturated rings. The number of nitrogens with one attached hydrogen (secondary N) is 1. The standard InChI is InChI=1S/C12H9BrN4O2S2/c1-17(12(19)11-14-4-7(13)21-11)5-8-15-6-2-3-20-9(6)10(18)16-8/h2-4H,5H2,1H3,(H,15,16,18). The largest absolute Gasteiger partial charge is 0.332 e. The molecule has 21 heavy (non-hydrogen) atoms. The molecular weight excluding hydrogens is 376 g/mol. The van der Waals surface area contributed by atoms with E-state index in [4.69, 9.17) is 0 Å². The number of aromatic amines is 1. The zero-order chi connectivity index (χ0) is 15.0.